The third kappa shape index (κ3) is 3.29. The summed E-state index contributed by atoms with van der Waals surface area (Å²) in [6.45, 7) is 4.22. The Labute approximate surface area is 168 Å². The lowest BCUT2D eigenvalue weighted by Crippen LogP contribution is -2.49. The number of carbonyl (C=O) groups excluding carboxylic acids is 1. The van der Waals surface area contributed by atoms with E-state index in [4.69, 9.17) is 0 Å². The first-order chi connectivity index (χ1) is 14.0. The second kappa shape index (κ2) is 7.50. The van der Waals surface area contributed by atoms with E-state index in [1.54, 1.807) is 17.3 Å². The van der Waals surface area contributed by atoms with Crippen LogP contribution < -0.4 is 5.43 Å². The molecule has 0 radical (unpaired) electrons. The Balaban J connectivity index is 1.95. The molecule has 0 saturated heterocycles. The molecule has 7 heteroatoms. The van der Waals surface area contributed by atoms with Crippen LogP contribution in [0.2, 0.25) is 0 Å². The average molecular weight is 390 g/mol. The molecule has 7 nitrogen and oxygen atoms in total. The number of rotatable bonds is 4. The standard InChI is InChI=1S/C22H22N4O3/c1-14(2)25-13-17(26-20(22(25)29)21(28)18(27)12-24-26)19(15-7-4-3-5-8-15)16-9-6-10-23-11-16/h3-12,14,17,19,28H,13H2,1-2H3. The van der Waals surface area contributed by atoms with Gasteiger partial charge in [-0.05, 0) is 31.0 Å². The summed E-state index contributed by atoms with van der Waals surface area (Å²) in [7, 11) is 0. The van der Waals surface area contributed by atoms with Gasteiger partial charge in [0.2, 0.25) is 5.43 Å². The van der Waals surface area contributed by atoms with Crippen molar-refractivity contribution in [3.8, 4) is 5.75 Å². The van der Waals surface area contributed by atoms with Crippen LogP contribution in [-0.4, -0.2) is 43.3 Å². The molecule has 1 amide bonds. The van der Waals surface area contributed by atoms with E-state index in [1.807, 2.05) is 56.3 Å². The minimum Gasteiger partial charge on any atom is -0.502 e. The summed E-state index contributed by atoms with van der Waals surface area (Å²) in [6, 6.07) is 13.4. The minimum atomic E-state index is -0.661. The number of hydrogen-bond donors (Lipinski definition) is 1. The summed E-state index contributed by atoms with van der Waals surface area (Å²) < 4.78 is 1.50. The van der Waals surface area contributed by atoms with Gasteiger partial charge >= 0.3 is 0 Å². The Morgan fingerprint density at radius 2 is 1.76 bits per heavy atom. The number of nitrogens with zero attached hydrogens (tertiary/aromatic N) is 4. The number of hydrogen-bond acceptors (Lipinski definition) is 5. The Morgan fingerprint density at radius 1 is 1.03 bits per heavy atom. The molecule has 1 aliphatic rings. The molecule has 1 N–H and O–H groups in total. The van der Waals surface area contributed by atoms with Gasteiger partial charge in [-0.1, -0.05) is 36.4 Å². The number of fused-ring (bicyclic) bond motifs is 1. The van der Waals surface area contributed by atoms with E-state index < -0.39 is 17.1 Å². The van der Waals surface area contributed by atoms with Crippen molar-refractivity contribution in [2.75, 3.05) is 6.54 Å². The summed E-state index contributed by atoms with van der Waals surface area (Å²) in [4.78, 5) is 31.0. The number of aromatic hydroxyl groups is 1. The van der Waals surface area contributed by atoms with E-state index in [0.29, 0.717) is 6.54 Å². The third-order valence-corrected chi connectivity index (χ3v) is 5.36. The lowest BCUT2D eigenvalue weighted by atomic mass is 9.84. The monoisotopic (exact) mass is 390 g/mol. The number of benzene rings is 1. The number of aromatic nitrogens is 3. The number of pyridine rings is 1. The molecule has 3 aromatic rings. The fourth-order valence-electron chi connectivity index (χ4n) is 3.96. The molecule has 4 rings (SSSR count). The molecule has 0 spiro atoms. The molecule has 148 valence electrons. The molecule has 2 unspecified atom stereocenters. The highest BCUT2D eigenvalue weighted by Gasteiger charge is 2.40. The SMILES string of the molecule is CC(C)N1CC(C(c2ccccc2)c2cccnc2)n2ncc(=O)c(O)c2C1=O. The average Bonchev–Trinajstić information content (AvgIpc) is 2.73. The van der Waals surface area contributed by atoms with Gasteiger partial charge in [0, 0.05) is 30.9 Å². The van der Waals surface area contributed by atoms with Crippen molar-refractivity contribution in [2.45, 2.75) is 31.8 Å². The maximum absolute atomic E-state index is 13.0. The third-order valence-electron chi connectivity index (χ3n) is 5.36. The normalized spacial score (nSPS) is 17.3. The summed E-state index contributed by atoms with van der Waals surface area (Å²) in [5, 5.41) is 14.7. The summed E-state index contributed by atoms with van der Waals surface area (Å²) in [6.07, 6.45) is 4.58. The molecule has 1 aliphatic heterocycles. The maximum Gasteiger partial charge on any atom is 0.276 e. The highest BCUT2D eigenvalue weighted by Crippen LogP contribution is 2.39. The fourth-order valence-corrected chi connectivity index (χ4v) is 3.96. The van der Waals surface area contributed by atoms with Crippen LogP contribution in [0.4, 0.5) is 0 Å². The van der Waals surface area contributed by atoms with Crippen molar-refractivity contribution in [3.05, 3.63) is 88.1 Å². The molecule has 3 heterocycles. The van der Waals surface area contributed by atoms with Crippen molar-refractivity contribution in [3.63, 3.8) is 0 Å². The molecule has 29 heavy (non-hydrogen) atoms. The van der Waals surface area contributed by atoms with Gasteiger partial charge in [-0.3, -0.25) is 19.3 Å². The predicted molar refractivity (Wildman–Crippen MR) is 108 cm³/mol. The first-order valence-corrected chi connectivity index (χ1v) is 9.55. The molecule has 1 aromatic carbocycles. The van der Waals surface area contributed by atoms with Crippen molar-refractivity contribution in [1.29, 1.82) is 0 Å². The molecule has 2 atom stereocenters. The fraction of sp³-hybridized carbons (Fsp3) is 0.273. The Hall–Kier alpha value is -3.48. The topological polar surface area (TPSA) is 88.3 Å². The zero-order chi connectivity index (χ0) is 20.5. The van der Waals surface area contributed by atoms with Crippen molar-refractivity contribution in [1.82, 2.24) is 19.7 Å². The highest BCUT2D eigenvalue weighted by atomic mass is 16.3. The van der Waals surface area contributed by atoms with Crippen LogP contribution in [0.1, 0.15) is 47.4 Å². The van der Waals surface area contributed by atoms with Crippen LogP contribution in [-0.2, 0) is 0 Å². The van der Waals surface area contributed by atoms with Gasteiger partial charge < -0.3 is 10.0 Å². The van der Waals surface area contributed by atoms with Crippen LogP contribution >= 0.6 is 0 Å². The lowest BCUT2D eigenvalue weighted by molar-refractivity contribution is 0.0570. The van der Waals surface area contributed by atoms with Crippen LogP contribution in [0.5, 0.6) is 5.75 Å². The van der Waals surface area contributed by atoms with Gasteiger partial charge in [0.15, 0.2) is 11.4 Å². The molecule has 0 bridgehead atoms. The largest absolute Gasteiger partial charge is 0.502 e. The molecule has 2 aromatic heterocycles. The zero-order valence-electron chi connectivity index (χ0n) is 16.3. The van der Waals surface area contributed by atoms with E-state index in [-0.39, 0.29) is 23.7 Å². The second-order valence-electron chi connectivity index (χ2n) is 7.44. The van der Waals surface area contributed by atoms with Gasteiger partial charge in [-0.25, -0.2) is 0 Å². The van der Waals surface area contributed by atoms with E-state index in [2.05, 4.69) is 10.1 Å². The first kappa shape index (κ1) is 18.9. The summed E-state index contributed by atoms with van der Waals surface area (Å²) >= 11 is 0. The van der Waals surface area contributed by atoms with Crippen LogP contribution in [0.15, 0.2) is 65.8 Å². The van der Waals surface area contributed by atoms with Crippen molar-refractivity contribution >= 4 is 5.91 Å². The molecule has 0 saturated carbocycles. The zero-order valence-corrected chi connectivity index (χ0v) is 16.3. The van der Waals surface area contributed by atoms with Gasteiger partial charge in [-0.2, -0.15) is 5.10 Å². The van der Waals surface area contributed by atoms with Crippen LogP contribution in [0.25, 0.3) is 0 Å². The van der Waals surface area contributed by atoms with Crippen LogP contribution in [0.3, 0.4) is 0 Å². The molecular formula is C22H22N4O3. The smallest absolute Gasteiger partial charge is 0.276 e. The maximum atomic E-state index is 13.0. The lowest BCUT2D eigenvalue weighted by Gasteiger charge is -2.40. The Kier molecular flexibility index (Phi) is 4.88. The molecular weight excluding hydrogens is 368 g/mol. The van der Waals surface area contributed by atoms with Crippen LogP contribution in [0, 0.1) is 0 Å². The van der Waals surface area contributed by atoms with Gasteiger partial charge in [0.05, 0.1) is 12.2 Å². The van der Waals surface area contributed by atoms with E-state index in [1.165, 1.54) is 4.68 Å². The minimum absolute atomic E-state index is 0.0627. The number of carbonyl (C=O) groups is 1. The van der Waals surface area contributed by atoms with E-state index >= 15 is 0 Å². The van der Waals surface area contributed by atoms with Crippen molar-refractivity contribution < 1.29 is 9.90 Å². The number of amides is 1. The summed E-state index contributed by atoms with van der Waals surface area (Å²) in [5.41, 5.74) is 1.28. The summed E-state index contributed by atoms with van der Waals surface area (Å²) in [5.74, 6) is -1.12. The molecule has 0 fully saturated rings. The van der Waals surface area contributed by atoms with Gasteiger partial charge in [0.25, 0.3) is 5.91 Å². The van der Waals surface area contributed by atoms with Gasteiger partial charge in [-0.15, -0.1) is 0 Å². The Morgan fingerprint density at radius 3 is 2.41 bits per heavy atom. The van der Waals surface area contributed by atoms with E-state index in [9.17, 15) is 14.7 Å². The Bertz CT molecular complexity index is 1040. The molecule has 0 aliphatic carbocycles. The first-order valence-electron chi connectivity index (χ1n) is 9.55. The van der Waals surface area contributed by atoms with E-state index in [0.717, 1.165) is 17.3 Å². The quantitative estimate of drug-likeness (QED) is 0.740. The predicted octanol–water partition coefficient (Wildman–Crippen LogP) is 2.58. The van der Waals surface area contributed by atoms with Crippen molar-refractivity contribution in [2.24, 2.45) is 0 Å². The van der Waals surface area contributed by atoms with Gasteiger partial charge in [0.1, 0.15) is 0 Å². The second-order valence-corrected chi connectivity index (χ2v) is 7.44. The highest BCUT2D eigenvalue weighted by molar-refractivity contribution is 5.96.